The summed E-state index contributed by atoms with van der Waals surface area (Å²) in [6.07, 6.45) is 4.84. The number of piperazine rings is 1. The third-order valence-electron chi connectivity index (χ3n) is 9.66. The molecule has 1 aliphatic carbocycles. The van der Waals surface area contributed by atoms with Gasteiger partial charge in [-0.05, 0) is 49.6 Å². The molecular formula is C33H34ClN5O6. The Balaban J connectivity index is 1.06. The van der Waals surface area contributed by atoms with Crippen molar-refractivity contribution in [3.63, 3.8) is 0 Å². The maximum atomic E-state index is 12.0. The number of ether oxygens (including phenoxy) is 4. The molecule has 0 amide bonds. The molecule has 0 bridgehead atoms. The van der Waals surface area contributed by atoms with Crippen molar-refractivity contribution in [2.45, 2.75) is 63.3 Å². The van der Waals surface area contributed by atoms with Gasteiger partial charge in [-0.15, -0.1) is 0 Å². The van der Waals surface area contributed by atoms with Crippen LogP contribution in [0.15, 0.2) is 48.7 Å². The number of carbonyl (C=O) groups is 1. The predicted molar refractivity (Wildman–Crippen MR) is 166 cm³/mol. The maximum absolute atomic E-state index is 12.0. The van der Waals surface area contributed by atoms with Crippen LogP contribution in [-0.4, -0.2) is 75.5 Å². The maximum Gasteiger partial charge on any atom is 0.339 e. The number of benzene rings is 2. The van der Waals surface area contributed by atoms with Gasteiger partial charge in [0.25, 0.3) is 5.79 Å². The zero-order valence-electron chi connectivity index (χ0n) is 25.1. The molecule has 5 heterocycles. The van der Waals surface area contributed by atoms with Crippen LogP contribution in [0, 0.1) is 0 Å². The van der Waals surface area contributed by atoms with Gasteiger partial charge >= 0.3 is 5.97 Å². The number of carboxylic acid groups (broad SMARTS) is 1. The number of aromatic carboxylic acids is 1. The fourth-order valence-electron chi connectivity index (χ4n) is 7.08. The molecule has 12 heteroatoms. The summed E-state index contributed by atoms with van der Waals surface area (Å²) in [5.74, 6) is 0.587. The highest BCUT2D eigenvalue weighted by Crippen LogP contribution is 2.51. The standard InChI is InChI=1S/C33H34ClN5O6/c1-33(29-9-6-19(34)16-35-29)44-27-5-3-4-25(31(27)45-33)38-12-11-37(23-7-8-24(23)38)18-30-36-22-15-28(42-2)21(32(40)41)14-26(22)39(30)17-20-10-13-43-20/h3-6,9,14-16,20,23-24H,7-8,10-13,17-18H2,1-2H3,(H,40,41)/t20-,23+,24+,33?/m0/s1. The molecule has 0 radical (unpaired) electrons. The summed E-state index contributed by atoms with van der Waals surface area (Å²) in [6, 6.07) is 13.8. The van der Waals surface area contributed by atoms with Crippen LogP contribution in [0.25, 0.3) is 11.0 Å². The van der Waals surface area contributed by atoms with E-state index in [1.165, 1.54) is 7.11 Å². The van der Waals surface area contributed by atoms with E-state index in [1.807, 2.05) is 25.1 Å². The van der Waals surface area contributed by atoms with Gasteiger partial charge in [0.1, 0.15) is 22.8 Å². The van der Waals surface area contributed by atoms with Crippen LogP contribution in [-0.2, 0) is 23.6 Å². The summed E-state index contributed by atoms with van der Waals surface area (Å²) in [5.41, 5.74) is 3.33. The molecule has 0 spiro atoms. The zero-order valence-corrected chi connectivity index (χ0v) is 25.9. The Labute approximate surface area is 265 Å². The lowest BCUT2D eigenvalue weighted by molar-refractivity contribution is -0.0717. The van der Waals surface area contributed by atoms with Gasteiger partial charge in [0.15, 0.2) is 11.5 Å². The van der Waals surface area contributed by atoms with Crippen molar-refractivity contribution >= 4 is 34.3 Å². The number of pyridine rings is 1. The number of fused-ring (bicyclic) bond motifs is 3. The van der Waals surface area contributed by atoms with Crippen molar-refractivity contribution in [3.8, 4) is 17.2 Å². The molecule has 2 aromatic carbocycles. The number of hydrogen-bond acceptors (Lipinski definition) is 9. The predicted octanol–water partition coefficient (Wildman–Crippen LogP) is 5.08. The van der Waals surface area contributed by atoms with E-state index in [-0.39, 0.29) is 11.7 Å². The smallest absolute Gasteiger partial charge is 0.339 e. The van der Waals surface area contributed by atoms with Gasteiger partial charge in [-0.2, -0.15) is 0 Å². The molecule has 234 valence electrons. The normalized spacial score (nSPS) is 25.5. The molecule has 3 fully saturated rings. The highest BCUT2D eigenvalue weighted by molar-refractivity contribution is 6.30. The molecule has 1 N–H and O–H groups in total. The summed E-state index contributed by atoms with van der Waals surface area (Å²) < 4.78 is 26.2. The lowest BCUT2D eigenvalue weighted by Gasteiger charge is -2.54. The molecule has 1 saturated carbocycles. The van der Waals surface area contributed by atoms with Gasteiger partial charge < -0.3 is 33.5 Å². The number of hydrogen-bond donors (Lipinski definition) is 1. The van der Waals surface area contributed by atoms with Crippen LogP contribution in [0.2, 0.25) is 5.02 Å². The van der Waals surface area contributed by atoms with Crippen molar-refractivity contribution in [2.24, 2.45) is 0 Å². The van der Waals surface area contributed by atoms with Crippen molar-refractivity contribution in [2.75, 3.05) is 31.7 Å². The highest BCUT2D eigenvalue weighted by Gasteiger charge is 2.47. The summed E-state index contributed by atoms with van der Waals surface area (Å²) in [5, 5.41) is 10.4. The number of rotatable bonds is 8. The van der Waals surface area contributed by atoms with E-state index in [0.29, 0.717) is 47.4 Å². The molecule has 45 heavy (non-hydrogen) atoms. The number of aromatic nitrogens is 3. The van der Waals surface area contributed by atoms with Crippen LogP contribution in [0.1, 0.15) is 48.1 Å². The first-order valence-corrected chi connectivity index (χ1v) is 15.7. The average molecular weight is 632 g/mol. The fraction of sp³-hybridized carbons (Fsp3) is 0.424. The van der Waals surface area contributed by atoms with Crippen LogP contribution in [0.5, 0.6) is 17.2 Å². The van der Waals surface area contributed by atoms with Gasteiger partial charge in [-0.1, -0.05) is 17.7 Å². The van der Waals surface area contributed by atoms with Gasteiger partial charge in [0.05, 0.1) is 48.0 Å². The van der Waals surface area contributed by atoms with E-state index in [0.717, 1.165) is 67.3 Å². The first-order chi connectivity index (χ1) is 21.8. The van der Waals surface area contributed by atoms with Crippen LogP contribution in [0.3, 0.4) is 0 Å². The van der Waals surface area contributed by atoms with E-state index in [1.54, 1.807) is 24.4 Å². The van der Waals surface area contributed by atoms with Crippen LogP contribution >= 0.6 is 11.6 Å². The lowest BCUT2D eigenvalue weighted by Crippen LogP contribution is -2.64. The molecular weight excluding hydrogens is 598 g/mol. The topological polar surface area (TPSA) is 111 Å². The number of imidazole rings is 1. The Bertz CT molecular complexity index is 1790. The van der Waals surface area contributed by atoms with E-state index in [2.05, 4.69) is 25.4 Å². The second kappa shape index (κ2) is 10.8. The van der Waals surface area contributed by atoms with Gasteiger partial charge in [0.2, 0.25) is 0 Å². The van der Waals surface area contributed by atoms with E-state index in [4.69, 9.17) is 35.5 Å². The van der Waals surface area contributed by atoms with E-state index < -0.39 is 11.8 Å². The zero-order chi connectivity index (χ0) is 30.9. The number of carboxylic acids is 1. The number of methoxy groups -OCH3 is 1. The minimum Gasteiger partial charge on any atom is -0.496 e. The van der Waals surface area contributed by atoms with E-state index >= 15 is 0 Å². The molecule has 2 saturated heterocycles. The molecule has 8 rings (SSSR count). The Hall–Kier alpha value is -4.06. The van der Waals surface area contributed by atoms with Crippen molar-refractivity contribution in [3.05, 3.63) is 70.8 Å². The Morgan fingerprint density at radius 3 is 2.67 bits per heavy atom. The largest absolute Gasteiger partial charge is 0.496 e. The lowest BCUT2D eigenvalue weighted by atomic mass is 9.81. The second-order valence-corrected chi connectivity index (χ2v) is 12.7. The fourth-order valence-corrected chi connectivity index (χ4v) is 7.19. The average Bonchev–Trinajstić information content (AvgIpc) is 3.51. The summed E-state index contributed by atoms with van der Waals surface area (Å²) in [6.45, 7) is 5.59. The van der Waals surface area contributed by atoms with Crippen LogP contribution < -0.4 is 19.1 Å². The molecule has 4 aliphatic rings. The second-order valence-electron chi connectivity index (χ2n) is 12.3. The molecule has 2 aromatic heterocycles. The Morgan fingerprint density at radius 1 is 1.13 bits per heavy atom. The monoisotopic (exact) mass is 631 g/mol. The van der Waals surface area contributed by atoms with E-state index in [9.17, 15) is 9.90 Å². The Kier molecular flexibility index (Phi) is 6.81. The first-order valence-electron chi connectivity index (χ1n) is 15.4. The molecule has 11 nitrogen and oxygen atoms in total. The third kappa shape index (κ3) is 4.76. The van der Waals surface area contributed by atoms with Gasteiger partial charge in [-0.25, -0.2) is 9.78 Å². The number of para-hydroxylation sites is 1. The SMILES string of the molecule is COc1cc2nc(CN3CCN(c4cccc5c4OC(C)(c4ccc(Cl)cn4)O5)[C@@H]4CC[C@H]43)n(C[C@@H]3CCO3)c2cc1C(=O)O. The minimum atomic E-state index is -1.05. The highest BCUT2D eigenvalue weighted by atomic mass is 35.5. The molecule has 3 aliphatic heterocycles. The Morgan fingerprint density at radius 2 is 1.98 bits per heavy atom. The van der Waals surface area contributed by atoms with Gasteiger partial charge in [-0.3, -0.25) is 9.88 Å². The quantitative estimate of drug-likeness (QED) is 0.283. The van der Waals surface area contributed by atoms with Crippen LogP contribution in [0.4, 0.5) is 5.69 Å². The minimum absolute atomic E-state index is 0.0981. The van der Waals surface area contributed by atoms with Crippen molar-refractivity contribution < 1.29 is 28.8 Å². The molecule has 4 atom stereocenters. The van der Waals surface area contributed by atoms with Crippen molar-refractivity contribution in [1.82, 2.24) is 19.4 Å². The first kappa shape index (κ1) is 28.4. The number of nitrogens with zero attached hydrogens (tertiary/aromatic N) is 5. The van der Waals surface area contributed by atoms with Crippen molar-refractivity contribution in [1.29, 1.82) is 0 Å². The summed E-state index contributed by atoms with van der Waals surface area (Å²) >= 11 is 6.08. The number of anilines is 1. The molecule has 4 aromatic rings. The number of halogens is 1. The summed E-state index contributed by atoms with van der Waals surface area (Å²) in [7, 11) is 1.48. The van der Waals surface area contributed by atoms with Gasteiger partial charge in [0, 0.05) is 51.0 Å². The molecule has 1 unspecified atom stereocenters. The third-order valence-corrected chi connectivity index (χ3v) is 9.89. The summed E-state index contributed by atoms with van der Waals surface area (Å²) in [4.78, 5) is 26.5.